The van der Waals surface area contributed by atoms with Crippen molar-refractivity contribution in [3.05, 3.63) is 82.5 Å². The van der Waals surface area contributed by atoms with Crippen LogP contribution in [0.4, 0.5) is 5.69 Å². The molecule has 7 nitrogen and oxygen atoms in total. The molecule has 0 unspecified atom stereocenters. The summed E-state index contributed by atoms with van der Waals surface area (Å²) in [4.78, 5) is 24.6. The van der Waals surface area contributed by atoms with Crippen LogP contribution in [-0.2, 0) is 0 Å². The monoisotopic (exact) mass is 375 g/mol. The van der Waals surface area contributed by atoms with E-state index in [1.54, 1.807) is 35.0 Å². The van der Waals surface area contributed by atoms with Crippen LogP contribution in [0, 0.1) is 6.92 Å². The predicted octanol–water partition coefficient (Wildman–Crippen LogP) is 3.55. The standard InChI is InChI=1S/C21H17N3O4/c1-13-9-10-24(23-13)15-5-3-14(4-6-15)22-21(26)18-12-20(25)28-19-11-16(27-2)7-8-17(18)19/h3-12H,1-2H3,(H,22,26). The van der Waals surface area contributed by atoms with E-state index in [0.29, 0.717) is 22.4 Å². The summed E-state index contributed by atoms with van der Waals surface area (Å²) in [6, 6.07) is 15.3. The van der Waals surface area contributed by atoms with E-state index in [1.165, 1.54) is 13.2 Å². The molecule has 2 aromatic carbocycles. The minimum Gasteiger partial charge on any atom is -0.497 e. The topological polar surface area (TPSA) is 86.4 Å². The number of carbonyl (C=O) groups is 1. The van der Waals surface area contributed by atoms with Crippen LogP contribution < -0.4 is 15.7 Å². The maximum absolute atomic E-state index is 12.8. The number of rotatable bonds is 4. The highest BCUT2D eigenvalue weighted by molar-refractivity contribution is 6.12. The summed E-state index contributed by atoms with van der Waals surface area (Å²) in [5.74, 6) is 0.142. The van der Waals surface area contributed by atoms with E-state index in [1.807, 2.05) is 31.3 Å². The van der Waals surface area contributed by atoms with Gasteiger partial charge in [-0.2, -0.15) is 5.10 Å². The molecule has 28 heavy (non-hydrogen) atoms. The summed E-state index contributed by atoms with van der Waals surface area (Å²) in [6.07, 6.45) is 1.87. The molecule has 0 fully saturated rings. The van der Waals surface area contributed by atoms with Gasteiger partial charge in [0.2, 0.25) is 0 Å². The number of nitrogens with zero attached hydrogens (tertiary/aromatic N) is 2. The number of benzene rings is 2. The van der Waals surface area contributed by atoms with Crippen LogP contribution in [0.25, 0.3) is 16.7 Å². The van der Waals surface area contributed by atoms with Gasteiger partial charge in [0, 0.05) is 29.4 Å². The van der Waals surface area contributed by atoms with Gasteiger partial charge in [0.05, 0.1) is 24.1 Å². The van der Waals surface area contributed by atoms with E-state index in [9.17, 15) is 9.59 Å². The lowest BCUT2D eigenvalue weighted by molar-refractivity contribution is 0.102. The summed E-state index contributed by atoms with van der Waals surface area (Å²) in [6.45, 7) is 1.92. The van der Waals surface area contributed by atoms with Crippen molar-refractivity contribution in [3.63, 3.8) is 0 Å². The van der Waals surface area contributed by atoms with E-state index < -0.39 is 11.5 Å². The first-order valence-electron chi connectivity index (χ1n) is 8.59. The average Bonchev–Trinajstić information content (AvgIpc) is 3.13. The van der Waals surface area contributed by atoms with Gasteiger partial charge in [-0.1, -0.05) is 0 Å². The molecule has 0 saturated carbocycles. The molecule has 1 N–H and O–H groups in total. The van der Waals surface area contributed by atoms with Crippen LogP contribution in [0.1, 0.15) is 16.1 Å². The average molecular weight is 375 g/mol. The Morgan fingerprint density at radius 3 is 2.57 bits per heavy atom. The Morgan fingerprint density at radius 1 is 1.11 bits per heavy atom. The highest BCUT2D eigenvalue weighted by Gasteiger charge is 2.14. The number of hydrogen-bond donors (Lipinski definition) is 1. The van der Waals surface area contributed by atoms with Gasteiger partial charge >= 0.3 is 5.63 Å². The number of fused-ring (bicyclic) bond motifs is 1. The number of aryl methyl sites for hydroxylation is 1. The Bertz CT molecular complexity index is 1220. The van der Waals surface area contributed by atoms with Gasteiger partial charge in [0.25, 0.3) is 5.91 Å². The molecule has 7 heteroatoms. The zero-order valence-corrected chi connectivity index (χ0v) is 15.3. The fourth-order valence-electron chi connectivity index (χ4n) is 2.91. The third-order valence-electron chi connectivity index (χ3n) is 4.31. The SMILES string of the molecule is COc1ccc2c(C(=O)Nc3ccc(-n4ccc(C)n4)cc3)cc(=O)oc2c1. The van der Waals surface area contributed by atoms with Crippen molar-refractivity contribution < 1.29 is 13.9 Å². The molecule has 140 valence electrons. The van der Waals surface area contributed by atoms with Crippen LogP contribution in [0.5, 0.6) is 5.75 Å². The van der Waals surface area contributed by atoms with Gasteiger partial charge in [-0.3, -0.25) is 4.79 Å². The molecule has 4 aromatic rings. The Balaban J connectivity index is 1.62. The number of ether oxygens (including phenoxy) is 1. The van der Waals surface area contributed by atoms with Crippen molar-refractivity contribution in [2.75, 3.05) is 12.4 Å². The van der Waals surface area contributed by atoms with E-state index >= 15 is 0 Å². The Kier molecular flexibility index (Phi) is 4.41. The smallest absolute Gasteiger partial charge is 0.337 e. The maximum Gasteiger partial charge on any atom is 0.337 e. The minimum atomic E-state index is -0.602. The van der Waals surface area contributed by atoms with Crippen molar-refractivity contribution >= 4 is 22.6 Å². The first-order valence-corrected chi connectivity index (χ1v) is 8.59. The molecule has 0 aliphatic heterocycles. The second-order valence-electron chi connectivity index (χ2n) is 6.24. The lowest BCUT2D eigenvalue weighted by Gasteiger charge is -2.09. The van der Waals surface area contributed by atoms with E-state index in [-0.39, 0.29) is 5.56 Å². The van der Waals surface area contributed by atoms with Crippen LogP contribution in [-0.4, -0.2) is 22.8 Å². The molecule has 0 aliphatic carbocycles. The summed E-state index contributed by atoms with van der Waals surface area (Å²) >= 11 is 0. The lowest BCUT2D eigenvalue weighted by atomic mass is 10.1. The Morgan fingerprint density at radius 2 is 1.89 bits per heavy atom. The maximum atomic E-state index is 12.8. The number of nitrogens with one attached hydrogen (secondary N) is 1. The van der Waals surface area contributed by atoms with Crippen LogP contribution in [0.15, 0.2) is 70.0 Å². The quantitative estimate of drug-likeness (QED) is 0.551. The highest BCUT2D eigenvalue weighted by Crippen LogP contribution is 2.23. The summed E-state index contributed by atoms with van der Waals surface area (Å²) in [5.41, 5.74) is 2.33. The number of amides is 1. The molecule has 2 aromatic heterocycles. The predicted molar refractivity (Wildman–Crippen MR) is 105 cm³/mol. The van der Waals surface area contributed by atoms with Gasteiger partial charge in [0.1, 0.15) is 11.3 Å². The van der Waals surface area contributed by atoms with Gasteiger partial charge in [-0.25, -0.2) is 9.48 Å². The molecular weight excluding hydrogens is 358 g/mol. The molecule has 0 atom stereocenters. The Labute approximate surface area is 160 Å². The molecule has 4 rings (SSSR count). The second kappa shape index (κ2) is 7.03. The largest absolute Gasteiger partial charge is 0.497 e. The molecular formula is C21H17N3O4. The van der Waals surface area contributed by atoms with Crippen molar-refractivity contribution in [2.24, 2.45) is 0 Å². The molecule has 0 saturated heterocycles. The van der Waals surface area contributed by atoms with Crippen LogP contribution in [0.2, 0.25) is 0 Å². The fraction of sp³-hybridized carbons (Fsp3) is 0.0952. The lowest BCUT2D eigenvalue weighted by Crippen LogP contribution is -2.15. The van der Waals surface area contributed by atoms with Crippen molar-refractivity contribution in [2.45, 2.75) is 6.92 Å². The second-order valence-corrected chi connectivity index (χ2v) is 6.24. The molecule has 2 heterocycles. The molecule has 0 aliphatic rings. The van der Waals surface area contributed by atoms with Crippen LogP contribution in [0.3, 0.4) is 0 Å². The summed E-state index contributed by atoms with van der Waals surface area (Å²) in [7, 11) is 1.52. The molecule has 0 radical (unpaired) electrons. The zero-order valence-electron chi connectivity index (χ0n) is 15.3. The van der Waals surface area contributed by atoms with Gasteiger partial charge in [-0.05, 0) is 49.4 Å². The normalized spacial score (nSPS) is 10.8. The Hall–Kier alpha value is -3.87. The summed E-state index contributed by atoms with van der Waals surface area (Å²) < 4.78 is 12.1. The molecule has 0 bridgehead atoms. The zero-order chi connectivity index (χ0) is 19.7. The van der Waals surface area contributed by atoms with Crippen molar-refractivity contribution in [1.82, 2.24) is 9.78 Å². The van der Waals surface area contributed by atoms with Gasteiger partial charge in [-0.15, -0.1) is 0 Å². The number of aromatic nitrogens is 2. The number of anilines is 1. The third kappa shape index (κ3) is 3.37. The van der Waals surface area contributed by atoms with Crippen LogP contribution >= 0.6 is 0 Å². The summed E-state index contributed by atoms with van der Waals surface area (Å²) in [5, 5.41) is 7.69. The first-order chi connectivity index (χ1) is 13.5. The molecule has 1 amide bonds. The van der Waals surface area contributed by atoms with Gasteiger partial charge in [0.15, 0.2) is 0 Å². The number of hydrogen-bond acceptors (Lipinski definition) is 5. The van der Waals surface area contributed by atoms with Crippen molar-refractivity contribution in [3.8, 4) is 11.4 Å². The van der Waals surface area contributed by atoms with Crippen molar-refractivity contribution in [1.29, 1.82) is 0 Å². The van der Waals surface area contributed by atoms with Gasteiger partial charge < -0.3 is 14.5 Å². The fourth-order valence-corrected chi connectivity index (χ4v) is 2.91. The first kappa shape index (κ1) is 17.5. The van der Waals surface area contributed by atoms with E-state index in [2.05, 4.69) is 10.4 Å². The third-order valence-corrected chi connectivity index (χ3v) is 4.31. The minimum absolute atomic E-state index is 0.237. The van der Waals surface area contributed by atoms with E-state index in [4.69, 9.17) is 9.15 Å². The number of methoxy groups -OCH3 is 1. The molecule has 0 spiro atoms. The number of carbonyl (C=O) groups excluding carboxylic acids is 1. The van der Waals surface area contributed by atoms with E-state index in [0.717, 1.165) is 11.4 Å². The highest BCUT2D eigenvalue weighted by atomic mass is 16.5.